The van der Waals surface area contributed by atoms with Gasteiger partial charge in [0.05, 0.1) is 30.6 Å². The molecule has 0 radical (unpaired) electrons. The van der Waals surface area contributed by atoms with E-state index in [1.807, 2.05) is 149 Å². The molecular weight excluding hydrogens is 947 g/mol. The third-order valence-corrected chi connectivity index (χ3v) is 22.7. The minimum Gasteiger partial charge on any atom is -0.416 e. The second-order valence-corrected chi connectivity index (χ2v) is 27.8. The van der Waals surface area contributed by atoms with E-state index in [9.17, 15) is 26.7 Å². The van der Waals surface area contributed by atoms with E-state index in [-0.39, 0.29) is 36.3 Å². The molecule has 0 bridgehead atoms. The van der Waals surface area contributed by atoms with E-state index >= 15 is 0 Å². The van der Waals surface area contributed by atoms with Crippen molar-refractivity contribution in [1.82, 2.24) is 0 Å². The number of rotatable bonds is 21. The largest absolute Gasteiger partial charge is 0.416 e. The normalized spacial score (nSPS) is 19.4. The van der Waals surface area contributed by atoms with E-state index in [2.05, 4.69) is 46.1 Å². The van der Waals surface area contributed by atoms with Gasteiger partial charge >= 0.3 is 17.4 Å². The second kappa shape index (κ2) is 27.8. The number of ether oxygens (including phenoxy) is 2. The quantitative estimate of drug-likeness (QED) is 0.0268. The second-order valence-electron chi connectivity index (χ2n) is 18.4. The molecule has 0 saturated heterocycles. The van der Waals surface area contributed by atoms with Crippen LogP contribution in [0.4, 0.5) is 17.6 Å². The van der Waals surface area contributed by atoms with Crippen molar-refractivity contribution >= 4 is 54.8 Å². The maximum absolute atomic E-state index is 14.4. The standard InChI is InChI=1S/C22H27F2O3PSi.C22H25F2O3PSi.2C4H10O/c2*1-21(2,3)29(17-10-6-4-7-11-17,18-12-8-5-9-13-18)27-16-20-19(22(20,23)24)14-15-26-28-25;2*1-3-5-4-2/h4-13,19-20H,14-16H2,1-3H3;4-15,19-20H,16H2,1-3H3;2*3-4H2,1-2H3/b;15-14+;;. The molecule has 4 atom stereocenters. The number of hydrogen-bond acceptors (Lipinski definition) is 8. The fraction of sp³-hybridized carbons (Fsp3) is 0.500. The van der Waals surface area contributed by atoms with Crippen molar-refractivity contribution in [3.63, 3.8) is 0 Å². The Morgan fingerprint density at radius 1 is 0.529 bits per heavy atom. The molecular formula is C52H72F4O8P2Si2. The first-order valence-corrected chi connectivity index (χ1v) is 28.6. The summed E-state index contributed by atoms with van der Waals surface area (Å²) < 4.78 is 110. The third-order valence-electron chi connectivity index (χ3n) is 12.2. The van der Waals surface area contributed by atoms with Gasteiger partial charge in [0.2, 0.25) is 0 Å². The fourth-order valence-electron chi connectivity index (χ4n) is 8.70. The van der Waals surface area contributed by atoms with Crippen LogP contribution in [-0.4, -0.2) is 74.7 Å². The molecule has 4 unspecified atom stereocenters. The van der Waals surface area contributed by atoms with Crippen molar-refractivity contribution < 1.29 is 54.1 Å². The van der Waals surface area contributed by atoms with Crippen molar-refractivity contribution in [2.45, 2.75) is 97.6 Å². The van der Waals surface area contributed by atoms with Crippen LogP contribution in [0.1, 0.15) is 75.7 Å². The molecule has 68 heavy (non-hydrogen) atoms. The molecule has 2 saturated carbocycles. The fourth-order valence-corrected chi connectivity index (χ4v) is 18.2. The SMILES string of the molecule is CC(C)(C)[Si](OCC1C(/C=C/OP=O)C1(F)F)(c1ccccc1)c1ccccc1.CC(C)(C)[Si](OCC1C(CCOP=O)C1(F)F)(c1ccccc1)c1ccccc1.CCOCC.CCOCC. The van der Waals surface area contributed by atoms with E-state index in [1.165, 1.54) is 6.08 Å². The Hall–Kier alpha value is -3.43. The first-order chi connectivity index (χ1) is 32.3. The highest BCUT2D eigenvalue weighted by molar-refractivity contribution is 7.17. The smallest absolute Gasteiger partial charge is 0.395 e. The van der Waals surface area contributed by atoms with Gasteiger partial charge in [-0.15, -0.1) is 0 Å². The van der Waals surface area contributed by atoms with Crippen LogP contribution < -0.4 is 20.7 Å². The molecule has 4 aromatic rings. The van der Waals surface area contributed by atoms with E-state index in [0.717, 1.165) is 53.4 Å². The minimum atomic E-state index is -2.86. The van der Waals surface area contributed by atoms with Gasteiger partial charge in [-0.3, -0.25) is 4.52 Å². The highest BCUT2D eigenvalue weighted by atomic mass is 31.1. The summed E-state index contributed by atoms with van der Waals surface area (Å²) in [6.07, 6.45) is 2.51. The van der Waals surface area contributed by atoms with Gasteiger partial charge in [0.25, 0.3) is 28.5 Å². The van der Waals surface area contributed by atoms with Gasteiger partial charge in [-0.1, -0.05) is 163 Å². The monoisotopic (exact) mass is 1020 g/mol. The number of halogens is 4. The van der Waals surface area contributed by atoms with Crippen molar-refractivity contribution in [2.75, 3.05) is 46.2 Å². The van der Waals surface area contributed by atoms with Gasteiger partial charge in [0.15, 0.2) is 0 Å². The van der Waals surface area contributed by atoms with Crippen LogP contribution in [0, 0.1) is 23.7 Å². The molecule has 8 nitrogen and oxygen atoms in total. The van der Waals surface area contributed by atoms with Crippen LogP contribution in [0.15, 0.2) is 134 Å². The zero-order valence-corrected chi connectivity index (χ0v) is 45.1. The van der Waals surface area contributed by atoms with Crippen molar-refractivity contribution in [2.24, 2.45) is 23.7 Å². The summed E-state index contributed by atoms with van der Waals surface area (Å²) in [5, 5.41) is 3.75. The molecule has 374 valence electrons. The Morgan fingerprint density at radius 2 is 0.882 bits per heavy atom. The van der Waals surface area contributed by atoms with Gasteiger partial charge in [-0.25, -0.2) is 26.7 Å². The highest BCUT2D eigenvalue weighted by Gasteiger charge is 2.69. The Labute approximate surface area is 408 Å². The van der Waals surface area contributed by atoms with Crippen molar-refractivity contribution in [3.05, 3.63) is 134 Å². The Balaban J connectivity index is 0.000000300. The first-order valence-electron chi connectivity index (χ1n) is 23.3. The molecule has 0 amide bonds. The maximum atomic E-state index is 14.4. The molecule has 0 N–H and O–H groups in total. The van der Waals surface area contributed by atoms with Gasteiger partial charge in [-0.05, 0) is 71.0 Å². The van der Waals surface area contributed by atoms with E-state index in [0.29, 0.717) is 0 Å². The van der Waals surface area contributed by atoms with Crippen LogP contribution in [-0.2, 0) is 36.5 Å². The van der Waals surface area contributed by atoms with Gasteiger partial charge in [0, 0.05) is 45.6 Å². The lowest BCUT2D eigenvalue weighted by atomic mass is 10.2. The predicted octanol–water partition coefficient (Wildman–Crippen LogP) is 12.3. The summed E-state index contributed by atoms with van der Waals surface area (Å²) in [4.78, 5) is 0. The van der Waals surface area contributed by atoms with Crippen LogP contribution in [0.2, 0.25) is 10.1 Å². The minimum absolute atomic E-state index is 0.0000365. The molecule has 2 aliphatic rings. The lowest BCUT2D eigenvalue weighted by Crippen LogP contribution is -2.66. The third kappa shape index (κ3) is 15.3. The number of benzene rings is 4. The molecule has 0 heterocycles. The highest BCUT2D eigenvalue weighted by Crippen LogP contribution is 2.58. The van der Waals surface area contributed by atoms with Crippen LogP contribution >= 0.6 is 17.4 Å². The van der Waals surface area contributed by atoms with E-state index in [4.69, 9.17) is 22.8 Å². The van der Waals surface area contributed by atoms with Gasteiger partial charge < -0.3 is 22.8 Å². The van der Waals surface area contributed by atoms with Crippen LogP contribution in [0.3, 0.4) is 0 Å². The molecule has 0 spiro atoms. The average molecular weight is 1020 g/mol. The molecule has 0 aliphatic heterocycles. The van der Waals surface area contributed by atoms with E-state index in [1.54, 1.807) is 0 Å². The Bertz CT molecular complexity index is 1970. The molecule has 2 aliphatic carbocycles. The molecule has 6 rings (SSSR count). The Morgan fingerprint density at radius 3 is 1.18 bits per heavy atom. The maximum Gasteiger partial charge on any atom is 0.395 e. The molecule has 4 aromatic carbocycles. The summed E-state index contributed by atoms with van der Waals surface area (Å²) >= 11 is 0. The van der Waals surface area contributed by atoms with Gasteiger partial charge in [0.1, 0.15) is 0 Å². The van der Waals surface area contributed by atoms with Gasteiger partial charge in [-0.2, -0.15) is 0 Å². The zero-order chi connectivity index (χ0) is 50.5. The number of hydrogen-bond donors (Lipinski definition) is 0. The number of alkyl halides is 4. The lowest BCUT2D eigenvalue weighted by Gasteiger charge is -2.43. The molecule has 2 fully saturated rings. The topological polar surface area (TPSA) is 89.5 Å². The summed E-state index contributed by atoms with van der Waals surface area (Å²) in [5.41, 5.74) is 0. The summed E-state index contributed by atoms with van der Waals surface area (Å²) in [5.74, 6) is -9.15. The van der Waals surface area contributed by atoms with E-state index < -0.39 is 69.5 Å². The summed E-state index contributed by atoms with van der Waals surface area (Å²) in [6.45, 7) is 24.1. The van der Waals surface area contributed by atoms with Crippen molar-refractivity contribution in [3.8, 4) is 0 Å². The van der Waals surface area contributed by atoms with Crippen molar-refractivity contribution in [1.29, 1.82) is 0 Å². The van der Waals surface area contributed by atoms with Crippen LogP contribution in [0.5, 0.6) is 0 Å². The predicted molar refractivity (Wildman–Crippen MR) is 271 cm³/mol. The molecule has 16 heteroatoms. The Kier molecular flexibility index (Phi) is 24.1. The molecule has 0 aromatic heterocycles. The zero-order valence-electron chi connectivity index (χ0n) is 41.3. The van der Waals surface area contributed by atoms with Crippen LogP contribution in [0.25, 0.3) is 0 Å². The average Bonchev–Trinajstić information content (AvgIpc) is 4.07. The summed E-state index contributed by atoms with van der Waals surface area (Å²) in [6, 6.07) is 39.9. The summed E-state index contributed by atoms with van der Waals surface area (Å²) in [7, 11) is -6.69. The lowest BCUT2D eigenvalue weighted by molar-refractivity contribution is 0.0709. The first kappa shape index (κ1) is 58.9. The number of allylic oxidation sites excluding steroid dienone is 1.